The van der Waals surface area contributed by atoms with Crippen LogP contribution in [-0.4, -0.2) is 7.05 Å². The zero-order valence-electron chi connectivity index (χ0n) is 12.0. The molecule has 0 bridgehead atoms. The monoisotopic (exact) mass is 255 g/mol. The molecule has 0 aliphatic rings. The molecule has 0 aliphatic heterocycles. The molecule has 0 aliphatic carbocycles. The standard InChI is InChI=1S/C17H21NO/c1-12-6-5-7-17(13(12)2)19-16-10-8-15(9-11-16)14(3)18-4/h5-11,14,18H,1-4H3. The molecule has 0 aromatic heterocycles. The van der Waals surface area contributed by atoms with Crippen molar-refractivity contribution in [2.24, 2.45) is 0 Å². The van der Waals surface area contributed by atoms with E-state index in [9.17, 15) is 0 Å². The van der Waals surface area contributed by atoms with Crippen LogP contribution in [0, 0.1) is 13.8 Å². The predicted octanol–water partition coefficient (Wildman–Crippen LogP) is 4.38. The van der Waals surface area contributed by atoms with Crippen molar-refractivity contribution in [1.29, 1.82) is 0 Å². The van der Waals surface area contributed by atoms with Crippen molar-refractivity contribution in [3.8, 4) is 11.5 Å². The Bertz CT molecular complexity index is 546. The van der Waals surface area contributed by atoms with E-state index in [1.165, 1.54) is 16.7 Å². The van der Waals surface area contributed by atoms with Gasteiger partial charge in [0.2, 0.25) is 0 Å². The van der Waals surface area contributed by atoms with E-state index in [-0.39, 0.29) is 0 Å². The van der Waals surface area contributed by atoms with Gasteiger partial charge < -0.3 is 10.1 Å². The Morgan fingerprint density at radius 2 is 1.68 bits per heavy atom. The van der Waals surface area contributed by atoms with E-state index in [1.807, 2.05) is 31.3 Å². The van der Waals surface area contributed by atoms with E-state index in [0.717, 1.165) is 11.5 Å². The van der Waals surface area contributed by atoms with Gasteiger partial charge in [-0.3, -0.25) is 0 Å². The molecular weight excluding hydrogens is 234 g/mol. The number of aryl methyl sites for hydroxylation is 1. The summed E-state index contributed by atoms with van der Waals surface area (Å²) in [4.78, 5) is 0. The summed E-state index contributed by atoms with van der Waals surface area (Å²) in [5.74, 6) is 1.80. The summed E-state index contributed by atoms with van der Waals surface area (Å²) in [6.07, 6.45) is 0. The highest BCUT2D eigenvalue weighted by Crippen LogP contribution is 2.27. The molecule has 19 heavy (non-hydrogen) atoms. The molecule has 0 radical (unpaired) electrons. The fourth-order valence-corrected chi connectivity index (χ4v) is 1.95. The Hall–Kier alpha value is -1.80. The largest absolute Gasteiger partial charge is 0.457 e. The van der Waals surface area contributed by atoms with Gasteiger partial charge >= 0.3 is 0 Å². The van der Waals surface area contributed by atoms with E-state index < -0.39 is 0 Å². The molecule has 1 unspecified atom stereocenters. The van der Waals surface area contributed by atoms with Crippen LogP contribution < -0.4 is 10.1 Å². The van der Waals surface area contributed by atoms with Gasteiger partial charge in [0.25, 0.3) is 0 Å². The third kappa shape index (κ3) is 3.15. The number of rotatable bonds is 4. The van der Waals surface area contributed by atoms with Crippen LogP contribution in [0.3, 0.4) is 0 Å². The van der Waals surface area contributed by atoms with E-state index in [0.29, 0.717) is 6.04 Å². The van der Waals surface area contributed by atoms with Gasteiger partial charge in [-0.1, -0.05) is 24.3 Å². The molecule has 2 rings (SSSR count). The summed E-state index contributed by atoms with van der Waals surface area (Å²) >= 11 is 0. The molecule has 1 N–H and O–H groups in total. The van der Waals surface area contributed by atoms with Gasteiger partial charge in [0.15, 0.2) is 0 Å². The van der Waals surface area contributed by atoms with Crippen LogP contribution in [0.5, 0.6) is 11.5 Å². The normalized spacial score (nSPS) is 12.2. The number of hydrogen-bond acceptors (Lipinski definition) is 2. The van der Waals surface area contributed by atoms with Gasteiger partial charge in [0, 0.05) is 6.04 Å². The summed E-state index contributed by atoms with van der Waals surface area (Å²) < 4.78 is 5.94. The third-order valence-electron chi connectivity index (χ3n) is 3.60. The lowest BCUT2D eigenvalue weighted by molar-refractivity contribution is 0.478. The van der Waals surface area contributed by atoms with Crippen molar-refractivity contribution in [1.82, 2.24) is 5.32 Å². The fraction of sp³-hybridized carbons (Fsp3) is 0.294. The summed E-state index contributed by atoms with van der Waals surface area (Å²) in [6, 6.07) is 14.7. The average Bonchev–Trinajstić information content (AvgIpc) is 2.44. The Labute approximate surface area is 115 Å². The number of nitrogens with one attached hydrogen (secondary N) is 1. The minimum Gasteiger partial charge on any atom is -0.457 e. The first-order valence-corrected chi connectivity index (χ1v) is 6.63. The van der Waals surface area contributed by atoms with Crippen molar-refractivity contribution in [3.05, 3.63) is 59.2 Å². The summed E-state index contributed by atoms with van der Waals surface area (Å²) in [5, 5.41) is 3.23. The van der Waals surface area contributed by atoms with E-state index in [1.54, 1.807) is 0 Å². The highest BCUT2D eigenvalue weighted by molar-refractivity contribution is 5.41. The number of benzene rings is 2. The second-order valence-corrected chi connectivity index (χ2v) is 4.88. The smallest absolute Gasteiger partial charge is 0.130 e. The lowest BCUT2D eigenvalue weighted by Gasteiger charge is -2.13. The van der Waals surface area contributed by atoms with E-state index in [2.05, 4.69) is 44.3 Å². The van der Waals surface area contributed by atoms with Crippen LogP contribution in [-0.2, 0) is 0 Å². The third-order valence-corrected chi connectivity index (χ3v) is 3.60. The molecule has 0 heterocycles. The predicted molar refractivity (Wildman–Crippen MR) is 79.9 cm³/mol. The van der Waals surface area contributed by atoms with Crippen LogP contribution in [0.4, 0.5) is 0 Å². The maximum atomic E-state index is 5.94. The molecule has 100 valence electrons. The zero-order chi connectivity index (χ0) is 13.8. The molecule has 2 aromatic carbocycles. The molecule has 0 saturated carbocycles. The zero-order valence-corrected chi connectivity index (χ0v) is 12.0. The second kappa shape index (κ2) is 5.89. The van der Waals surface area contributed by atoms with Crippen LogP contribution in [0.1, 0.15) is 29.7 Å². The van der Waals surface area contributed by atoms with Crippen LogP contribution in [0.2, 0.25) is 0 Å². The number of hydrogen-bond donors (Lipinski definition) is 1. The average molecular weight is 255 g/mol. The van der Waals surface area contributed by atoms with Crippen molar-refractivity contribution in [2.75, 3.05) is 7.05 Å². The van der Waals surface area contributed by atoms with Gasteiger partial charge in [0.1, 0.15) is 11.5 Å². The molecule has 0 fully saturated rings. The summed E-state index contributed by atoms with van der Waals surface area (Å²) in [5.41, 5.74) is 3.70. The van der Waals surface area contributed by atoms with Gasteiger partial charge in [0.05, 0.1) is 0 Å². The minimum absolute atomic E-state index is 0.356. The maximum absolute atomic E-state index is 5.94. The molecular formula is C17H21NO. The van der Waals surface area contributed by atoms with E-state index >= 15 is 0 Å². The molecule has 2 nitrogen and oxygen atoms in total. The van der Waals surface area contributed by atoms with E-state index in [4.69, 9.17) is 4.74 Å². The first-order valence-electron chi connectivity index (χ1n) is 6.63. The lowest BCUT2D eigenvalue weighted by atomic mass is 10.1. The summed E-state index contributed by atoms with van der Waals surface area (Å²) in [6.45, 7) is 6.32. The minimum atomic E-state index is 0.356. The highest BCUT2D eigenvalue weighted by atomic mass is 16.5. The Morgan fingerprint density at radius 1 is 1.00 bits per heavy atom. The molecule has 1 atom stereocenters. The molecule has 0 spiro atoms. The van der Waals surface area contributed by atoms with Crippen molar-refractivity contribution >= 4 is 0 Å². The fourth-order valence-electron chi connectivity index (χ4n) is 1.95. The van der Waals surface area contributed by atoms with Gasteiger partial charge in [-0.05, 0) is 62.7 Å². The van der Waals surface area contributed by atoms with Gasteiger partial charge in [-0.2, -0.15) is 0 Å². The van der Waals surface area contributed by atoms with Crippen molar-refractivity contribution < 1.29 is 4.74 Å². The Morgan fingerprint density at radius 3 is 2.32 bits per heavy atom. The van der Waals surface area contributed by atoms with Gasteiger partial charge in [-0.25, -0.2) is 0 Å². The molecule has 0 saturated heterocycles. The quantitative estimate of drug-likeness (QED) is 0.875. The Kier molecular flexibility index (Phi) is 4.23. The Balaban J connectivity index is 2.18. The van der Waals surface area contributed by atoms with Crippen LogP contribution >= 0.6 is 0 Å². The first-order chi connectivity index (χ1) is 9.11. The summed E-state index contributed by atoms with van der Waals surface area (Å²) in [7, 11) is 1.96. The molecule has 2 heteroatoms. The van der Waals surface area contributed by atoms with Crippen molar-refractivity contribution in [3.63, 3.8) is 0 Å². The molecule has 2 aromatic rings. The lowest BCUT2D eigenvalue weighted by Crippen LogP contribution is -2.11. The SMILES string of the molecule is CNC(C)c1ccc(Oc2cccc(C)c2C)cc1. The first kappa shape index (κ1) is 13.6. The molecule has 0 amide bonds. The van der Waals surface area contributed by atoms with Crippen LogP contribution in [0.25, 0.3) is 0 Å². The highest BCUT2D eigenvalue weighted by Gasteiger charge is 2.05. The topological polar surface area (TPSA) is 21.3 Å². The van der Waals surface area contributed by atoms with Crippen LogP contribution in [0.15, 0.2) is 42.5 Å². The second-order valence-electron chi connectivity index (χ2n) is 4.88. The number of ether oxygens (including phenoxy) is 1. The van der Waals surface area contributed by atoms with Gasteiger partial charge in [-0.15, -0.1) is 0 Å². The van der Waals surface area contributed by atoms with Crippen molar-refractivity contribution in [2.45, 2.75) is 26.8 Å². The maximum Gasteiger partial charge on any atom is 0.130 e.